The Morgan fingerprint density at radius 3 is 2.73 bits per heavy atom. The Kier molecular flexibility index (Phi) is 5.36. The number of hydrogen-bond acceptors (Lipinski definition) is 2. The molecule has 1 aliphatic heterocycles. The van der Waals surface area contributed by atoms with E-state index >= 15 is 0 Å². The van der Waals surface area contributed by atoms with Gasteiger partial charge in [0.1, 0.15) is 0 Å². The summed E-state index contributed by atoms with van der Waals surface area (Å²) in [4.78, 5) is 25.8. The molecule has 2 rings (SSSR count). The Bertz CT molecular complexity index is 580. The third kappa shape index (κ3) is 3.75. The van der Waals surface area contributed by atoms with Crippen molar-refractivity contribution in [2.24, 2.45) is 0 Å². The van der Waals surface area contributed by atoms with E-state index in [1.165, 1.54) is 6.92 Å². The zero-order valence-corrected chi connectivity index (χ0v) is 13.5. The lowest BCUT2D eigenvalue weighted by atomic mass is 9.93. The fourth-order valence-electron chi connectivity index (χ4n) is 2.93. The molecule has 0 radical (unpaired) electrons. The predicted molar refractivity (Wildman–Crippen MR) is 87.9 cm³/mol. The molecule has 0 aliphatic carbocycles. The van der Waals surface area contributed by atoms with Gasteiger partial charge < -0.3 is 10.2 Å². The van der Waals surface area contributed by atoms with Crippen LogP contribution < -0.4 is 5.32 Å². The van der Waals surface area contributed by atoms with Gasteiger partial charge >= 0.3 is 0 Å². The standard InChI is InChI=1S/C18H24N2O2/c1-4-7-13(2)19-18(22)12-17-16-9-6-5-8-15(16)10-11-20(17)14(3)21/h5-6,8-11,13,17H,4,7,12H2,1-3H3,(H,19,22)/t13-,17+/m1/s1. The lowest BCUT2D eigenvalue weighted by molar-refractivity contribution is -0.130. The van der Waals surface area contributed by atoms with E-state index in [2.05, 4.69) is 12.2 Å². The molecule has 0 fully saturated rings. The number of rotatable bonds is 5. The van der Waals surface area contributed by atoms with Crippen molar-refractivity contribution >= 4 is 17.9 Å². The third-order valence-electron chi connectivity index (χ3n) is 3.98. The van der Waals surface area contributed by atoms with Gasteiger partial charge in [-0.25, -0.2) is 0 Å². The summed E-state index contributed by atoms with van der Waals surface area (Å²) in [5, 5.41) is 3.02. The molecule has 1 N–H and O–H groups in total. The molecular formula is C18H24N2O2. The SMILES string of the molecule is CCC[C@@H](C)NC(=O)C[C@H]1c2ccccc2C=CN1C(C)=O. The van der Waals surface area contributed by atoms with Gasteiger partial charge in [0.15, 0.2) is 0 Å². The van der Waals surface area contributed by atoms with E-state index in [0.717, 1.165) is 24.0 Å². The number of benzene rings is 1. The van der Waals surface area contributed by atoms with Gasteiger partial charge in [-0.1, -0.05) is 37.6 Å². The maximum Gasteiger partial charge on any atom is 0.223 e. The molecule has 4 heteroatoms. The second kappa shape index (κ2) is 7.25. The molecule has 0 saturated carbocycles. The summed E-state index contributed by atoms with van der Waals surface area (Å²) in [5.41, 5.74) is 2.10. The van der Waals surface area contributed by atoms with E-state index in [9.17, 15) is 9.59 Å². The number of nitrogens with one attached hydrogen (secondary N) is 1. The van der Waals surface area contributed by atoms with Crippen LogP contribution in [0.3, 0.4) is 0 Å². The van der Waals surface area contributed by atoms with Gasteiger partial charge in [-0.05, 0) is 30.5 Å². The summed E-state index contributed by atoms with van der Waals surface area (Å²) in [7, 11) is 0. The fraction of sp³-hybridized carbons (Fsp3) is 0.444. The van der Waals surface area contributed by atoms with Crippen LogP contribution in [0.15, 0.2) is 30.5 Å². The number of nitrogens with zero attached hydrogens (tertiary/aromatic N) is 1. The summed E-state index contributed by atoms with van der Waals surface area (Å²) in [6, 6.07) is 7.84. The predicted octanol–water partition coefficient (Wildman–Crippen LogP) is 3.26. The van der Waals surface area contributed by atoms with E-state index in [1.807, 2.05) is 37.3 Å². The molecule has 0 aromatic heterocycles. The van der Waals surface area contributed by atoms with E-state index in [1.54, 1.807) is 11.1 Å². The maximum atomic E-state index is 12.3. The maximum absolute atomic E-state index is 12.3. The van der Waals surface area contributed by atoms with E-state index in [0.29, 0.717) is 0 Å². The number of amides is 2. The lowest BCUT2D eigenvalue weighted by Crippen LogP contribution is -2.38. The van der Waals surface area contributed by atoms with Crippen molar-refractivity contribution in [2.75, 3.05) is 0 Å². The summed E-state index contributed by atoms with van der Waals surface area (Å²) in [6.45, 7) is 5.64. The zero-order chi connectivity index (χ0) is 16.1. The van der Waals surface area contributed by atoms with Crippen molar-refractivity contribution < 1.29 is 9.59 Å². The number of hydrogen-bond donors (Lipinski definition) is 1. The Morgan fingerprint density at radius 1 is 1.32 bits per heavy atom. The molecule has 1 heterocycles. The molecule has 1 aromatic carbocycles. The van der Waals surface area contributed by atoms with Crippen LogP contribution in [0.5, 0.6) is 0 Å². The van der Waals surface area contributed by atoms with Crippen LogP contribution in [0.1, 0.15) is 57.2 Å². The highest BCUT2D eigenvalue weighted by Gasteiger charge is 2.28. The highest BCUT2D eigenvalue weighted by atomic mass is 16.2. The average molecular weight is 300 g/mol. The number of carbonyl (C=O) groups is 2. The third-order valence-corrected chi connectivity index (χ3v) is 3.98. The van der Waals surface area contributed by atoms with Gasteiger partial charge in [0.2, 0.25) is 11.8 Å². The average Bonchev–Trinajstić information content (AvgIpc) is 2.47. The van der Waals surface area contributed by atoms with Crippen LogP contribution in [0, 0.1) is 0 Å². The first-order chi connectivity index (χ1) is 10.5. The summed E-state index contributed by atoms with van der Waals surface area (Å²) in [5.74, 6) is -0.0625. The van der Waals surface area contributed by atoms with Crippen LogP contribution in [-0.4, -0.2) is 22.8 Å². The highest BCUT2D eigenvalue weighted by Crippen LogP contribution is 2.32. The fourth-order valence-corrected chi connectivity index (χ4v) is 2.93. The second-order valence-corrected chi connectivity index (χ2v) is 5.85. The molecule has 0 unspecified atom stereocenters. The van der Waals surface area contributed by atoms with Crippen LogP contribution in [0.25, 0.3) is 6.08 Å². The zero-order valence-electron chi connectivity index (χ0n) is 13.5. The smallest absolute Gasteiger partial charge is 0.223 e. The van der Waals surface area contributed by atoms with Crippen molar-refractivity contribution in [3.05, 3.63) is 41.6 Å². The Balaban J connectivity index is 2.16. The van der Waals surface area contributed by atoms with Gasteiger partial charge in [0.05, 0.1) is 12.5 Å². The molecular weight excluding hydrogens is 276 g/mol. The molecule has 0 spiro atoms. The first kappa shape index (κ1) is 16.3. The van der Waals surface area contributed by atoms with Gasteiger partial charge in [-0.15, -0.1) is 0 Å². The molecule has 4 nitrogen and oxygen atoms in total. The molecule has 22 heavy (non-hydrogen) atoms. The minimum absolute atomic E-state index is 0.0118. The van der Waals surface area contributed by atoms with Crippen molar-refractivity contribution in [2.45, 2.75) is 52.1 Å². The van der Waals surface area contributed by atoms with Crippen molar-refractivity contribution in [3.63, 3.8) is 0 Å². The lowest BCUT2D eigenvalue weighted by Gasteiger charge is -2.32. The molecule has 2 atom stereocenters. The summed E-state index contributed by atoms with van der Waals surface area (Å²) < 4.78 is 0. The molecule has 1 aliphatic rings. The van der Waals surface area contributed by atoms with Gasteiger partial charge in [-0.3, -0.25) is 9.59 Å². The van der Waals surface area contributed by atoms with Crippen LogP contribution in [-0.2, 0) is 9.59 Å². The van der Waals surface area contributed by atoms with Gasteiger partial charge in [0, 0.05) is 19.2 Å². The Labute approximate surface area is 132 Å². The molecule has 0 saturated heterocycles. The topological polar surface area (TPSA) is 49.4 Å². The van der Waals surface area contributed by atoms with E-state index in [-0.39, 0.29) is 30.3 Å². The second-order valence-electron chi connectivity index (χ2n) is 5.85. The van der Waals surface area contributed by atoms with E-state index < -0.39 is 0 Å². The monoisotopic (exact) mass is 300 g/mol. The van der Waals surface area contributed by atoms with Crippen molar-refractivity contribution in [1.29, 1.82) is 0 Å². The quantitative estimate of drug-likeness (QED) is 0.907. The summed E-state index contributed by atoms with van der Waals surface area (Å²) >= 11 is 0. The first-order valence-corrected chi connectivity index (χ1v) is 7.88. The Hall–Kier alpha value is -2.10. The first-order valence-electron chi connectivity index (χ1n) is 7.88. The molecule has 0 bridgehead atoms. The van der Waals surface area contributed by atoms with E-state index in [4.69, 9.17) is 0 Å². The van der Waals surface area contributed by atoms with Crippen LogP contribution >= 0.6 is 0 Å². The normalized spacial score (nSPS) is 17.8. The Morgan fingerprint density at radius 2 is 2.05 bits per heavy atom. The molecule has 118 valence electrons. The van der Waals surface area contributed by atoms with Gasteiger partial charge in [0.25, 0.3) is 0 Å². The number of carbonyl (C=O) groups excluding carboxylic acids is 2. The minimum Gasteiger partial charge on any atom is -0.354 e. The summed E-state index contributed by atoms with van der Waals surface area (Å²) in [6.07, 6.45) is 5.98. The number of fused-ring (bicyclic) bond motifs is 1. The van der Waals surface area contributed by atoms with Crippen LogP contribution in [0.2, 0.25) is 0 Å². The minimum atomic E-state index is -0.229. The largest absolute Gasteiger partial charge is 0.354 e. The van der Waals surface area contributed by atoms with Gasteiger partial charge in [-0.2, -0.15) is 0 Å². The molecule has 2 amide bonds. The highest BCUT2D eigenvalue weighted by molar-refractivity contribution is 5.81. The van der Waals surface area contributed by atoms with Crippen LogP contribution in [0.4, 0.5) is 0 Å². The van der Waals surface area contributed by atoms with Crippen molar-refractivity contribution in [3.8, 4) is 0 Å². The van der Waals surface area contributed by atoms with Crippen molar-refractivity contribution in [1.82, 2.24) is 10.2 Å². The molecule has 1 aromatic rings.